The lowest BCUT2D eigenvalue weighted by atomic mass is 10.2. The van der Waals surface area contributed by atoms with Crippen molar-refractivity contribution in [3.63, 3.8) is 0 Å². The van der Waals surface area contributed by atoms with Crippen molar-refractivity contribution in [2.24, 2.45) is 0 Å². The van der Waals surface area contributed by atoms with Gasteiger partial charge in [-0.05, 0) is 33.6 Å². The Kier molecular flexibility index (Phi) is 10.2. The Morgan fingerprint density at radius 3 is 1.84 bits per heavy atom. The van der Waals surface area contributed by atoms with Gasteiger partial charge in [0.05, 0.1) is 12.7 Å². The number of methoxy groups -OCH3 is 2. The predicted molar refractivity (Wildman–Crippen MR) is 67.0 cm³/mol. The first-order valence-electron chi connectivity index (χ1n) is 5.69. The van der Waals surface area contributed by atoms with Crippen molar-refractivity contribution in [3.8, 4) is 0 Å². The Morgan fingerprint density at radius 2 is 1.68 bits per heavy atom. The summed E-state index contributed by atoms with van der Waals surface area (Å²) in [5, 5.41) is 2.43. The zero-order valence-corrected chi connectivity index (χ0v) is 12.1. The zero-order valence-electron chi connectivity index (χ0n) is 12.1. The number of halogens is 2. The highest BCUT2D eigenvalue weighted by molar-refractivity contribution is 5.86. The van der Waals surface area contributed by atoms with Crippen molar-refractivity contribution in [3.05, 3.63) is 0 Å². The summed E-state index contributed by atoms with van der Waals surface area (Å²) < 4.78 is 28.7. The first-order chi connectivity index (χ1) is 8.72. The molecule has 0 spiro atoms. The maximum Gasteiger partial charge on any atom is 0.331 e. The Bertz CT molecular complexity index is 263. The number of nitrogens with one attached hydrogen (secondary N) is 1. The maximum absolute atomic E-state index is 10.8. The molecule has 0 aromatic rings. The standard InChI is InChI=1S/C6H9NO3.C5H12O.CH2F2/c1-10-5(9)6(2-3-6)7-4-8;1-5(2,3)6-4;2-1-3/h4H,2-3H2,1H3,(H,7,8);1-4H3;1H2. The molecule has 0 aromatic heterocycles. The van der Waals surface area contributed by atoms with E-state index >= 15 is 0 Å². The van der Waals surface area contributed by atoms with E-state index < -0.39 is 12.5 Å². The Hall–Kier alpha value is -1.24. The number of ether oxygens (including phenoxy) is 2. The minimum absolute atomic E-state index is 0.0417. The molecule has 1 amide bonds. The summed E-state index contributed by atoms with van der Waals surface area (Å²) in [7, 11) is 3.02. The van der Waals surface area contributed by atoms with Crippen LogP contribution in [0.3, 0.4) is 0 Å². The molecule has 7 heteroatoms. The minimum atomic E-state index is -1.75. The number of carbonyl (C=O) groups is 2. The van der Waals surface area contributed by atoms with E-state index in [2.05, 4.69) is 10.1 Å². The van der Waals surface area contributed by atoms with E-state index in [1.165, 1.54) is 7.11 Å². The van der Waals surface area contributed by atoms with E-state index in [1.807, 2.05) is 20.8 Å². The molecule has 0 bridgehead atoms. The van der Waals surface area contributed by atoms with E-state index in [0.717, 1.165) is 0 Å². The number of hydrogen-bond acceptors (Lipinski definition) is 4. The number of esters is 1. The molecule has 1 aliphatic rings. The van der Waals surface area contributed by atoms with Gasteiger partial charge in [0.25, 0.3) is 0 Å². The second-order valence-electron chi connectivity index (χ2n) is 4.75. The van der Waals surface area contributed by atoms with E-state index in [9.17, 15) is 18.4 Å². The third kappa shape index (κ3) is 10.4. The van der Waals surface area contributed by atoms with Gasteiger partial charge in [-0.2, -0.15) is 0 Å². The van der Waals surface area contributed by atoms with Crippen molar-refractivity contribution in [2.45, 2.75) is 44.8 Å². The SMILES string of the molecule is COC(=O)C1(NC=O)CC1.COC(C)(C)C.FCF. The van der Waals surface area contributed by atoms with Crippen molar-refractivity contribution in [1.82, 2.24) is 5.32 Å². The van der Waals surface area contributed by atoms with Crippen LogP contribution in [0.5, 0.6) is 0 Å². The molecule has 1 saturated carbocycles. The molecule has 1 rings (SSSR count). The van der Waals surface area contributed by atoms with Gasteiger partial charge >= 0.3 is 5.97 Å². The Balaban J connectivity index is 0. The molecule has 0 unspecified atom stereocenters. The van der Waals surface area contributed by atoms with Crippen molar-refractivity contribution in [1.29, 1.82) is 0 Å². The summed E-state index contributed by atoms with van der Waals surface area (Å²) in [6, 6.07) is 0. The fourth-order valence-electron chi connectivity index (χ4n) is 0.841. The fraction of sp³-hybridized carbons (Fsp3) is 0.833. The lowest BCUT2D eigenvalue weighted by molar-refractivity contribution is -0.145. The van der Waals surface area contributed by atoms with Gasteiger partial charge in [-0.15, -0.1) is 0 Å². The average molecular weight is 283 g/mol. The largest absolute Gasteiger partial charge is 0.467 e. The summed E-state index contributed by atoms with van der Waals surface area (Å²) >= 11 is 0. The molecule has 1 fully saturated rings. The van der Waals surface area contributed by atoms with E-state index in [0.29, 0.717) is 19.3 Å². The highest BCUT2D eigenvalue weighted by atomic mass is 19.3. The average Bonchev–Trinajstić information content (AvgIpc) is 3.10. The summed E-state index contributed by atoms with van der Waals surface area (Å²) in [5.74, 6) is -0.348. The van der Waals surface area contributed by atoms with E-state index in [1.54, 1.807) is 7.11 Å². The first kappa shape index (κ1) is 20.1. The quantitative estimate of drug-likeness (QED) is 0.633. The number of carbonyl (C=O) groups excluding carboxylic acids is 2. The maximum atomic E-state index is 10.8. The molecular formula is C12H23F2NO4. The number of hydrogen-bond donors (Lipinski definition) is 1. The van der Waals surface area contributed by atoms with Crippen LogP contribution in [0.2, 0.25) is 0 Å². The summed E-state index contributed by atoms with van der Waals surface area (Å²) in [5.41, 5.74) is -0.628. The third-order valence-corrected chi connectivity index (χ3v) is 2.27. The summed E-state index contributed by atoms with van der Waals surface area (Å²) in [6.45, 7) is 4.31. The lowest BCUT2D eigenvalue weighted by Crippen LogP contribution is -2.39. The second-order valence-corrected chi connectivity index (χ2v) is 4.75. The molecular weight excluding hydrogens is 260 g/mol. The van der Waals surface area contributed by atoms with E-state index in [4.69, 9.17) is 4.74 Å². The van der Waals surface area contributed by atoms with Crippen molar-refractivity contribution in [2.75, 3.05) is 21.1 Å². The van der Waals surface area contributed by atoms with Crippen LogP contribution in [-0.4, -0.2) is 44.7 Å². The van der Waals surface area contributed by atoms with Gasteiger partial charge in [-0.3, -0.25) is 4.79 Å². The third-order valence-electron chi connectivity index (χ3n) is 2.27. The molecule has 5 nitrogen and oxygen atoms in total. The molecule has 19 heavy (non-hydrogen) atoms. The Morgan fingerprint density at radius 1 is 1.32 bits per heavy atom. The van der Waals surface area contributed by atoms with Crippen LogP contribution in [0.4, 0.5) is 8.78 Å². The zero-order chi connectivity index (χ0) is 15.5. The van der Waals surface area contributed by atoms with Crippen molar-refractivity contribution >= 4 is 12.4 Å². The fourth-order valence-corrected chi connectivity index (χ4v) is 0.841. The van der Waals surface area contributed by atoms with Gasteiger partial charge in [0.1, 0.15) is 5.54 Å². The van der Waals surface area contributed by atoms with Gasteiger partial charge in [0.15, 0.2) is 0 Å². The van der Waals surface area contributed by atoms with Crippen LogP contribution in [0, 0.1) is 0 Å². The van der Waals surface area contributed by atoms with Crippen LogP contribution < -0.4 is 5.32 Å². The lowest BCUT2D eigenvalue weighted by Gasteiger charge is -2.14. The molecule has 0 aromatic carbocycles. The summed E-state index contributed by atoms with van der Waals surface area (Å²) in [4.78, 5) is 20.8. The number of amides is 1. The van der Waals surface area contributed by atoms with Crippen LogP contribution >= 0.6 is 0 Å². The molecule has 114 valence electrons. The highest BCUT2D eigenvalue weighted by Crippen LogP contribution is 2.35. The van der Waals surface area contributed by atoms with Gasteiger partial charge in [0.2, 0.25) is 13.3 Å². The van der Waals surface area contributed by atoms with Gasteiger partial charge < -0.3 is 14.8 Å². The van der Waals surface area contributed by atoms with Crippen LogP contribution in [0.15, 0.2) is 0 Å². The normalized spacial score (nSPS) is 14.9. The minimum Gasteiger partial charge on any atom is -0.467 e. The summed E-state index contributed by atoms with van der Waals surface area (Å²) in [6.07, 6.45) is 1.92. The monoisotopic (exact) mass is 283 g/mol. The van der Waals surface area contributed by atoms with Crippen LogP contribution in [0.25, 0.3) is 0 Å². The molecule has 0 radical (unpaired) electrons. The predicted octanol–water partition coefficient (Wildman–Crippen LogP) is 1.75. The second kappa shape index (κ2) is 9.66. The topological polar surface area (TPSA) is 64.6 Å². The first-order valence-corrected chi connectivity index (χ1v) is 5.69. The van der Waals surface area contributed by atoms with Crippen molar-refractivity contribution < 1.29 is 27.8 Å². The number of alkyl halides is 2. The van der Waals surface area contributed by atoms with Gasteiger partial charge in [-0.25, -0.2) is 13.6 Å². The van der Waals surface area contributed by atoms with Gasteiger partial charge in [-0.1, -0.05) is 0 Å². The molecule has 0 aliphatic heterocycles. The highest BCUT2D eigenvalue weighted by Gasteiger charge is 2.51. The van der Waals surface area contributed by atoms with Crippen LogP contribution in [0.1, 0.15) is 33.6 Å². The number of rotatable bonds is 3. The van der Waals surface area contributed by atoms with Gasteiger partial charge in [0, 0.05) is 7.11 Å². The van der Waals surface area contributed by atoms with Crippen LogP contribution in [-0.2, 0) is 19.1 Å². The molecule has 1 N–H and O–H groups in total. The Labute approximate surface area is 112 Å². The molecule has 0 atom stereocenters. The molecule has 1 aliphatic carbocycles. The van der Waals surface area contributed by atoms with E-state index in [-0.39, 0.29) is 11.6 Å². The molecule has 0 saturated heterocycles. The smallest absolute Gasteiger partial charge is 0.331 e. The molecule has 0 heterocycles.